The van der Waals surface area contributed by atoms with Crippen LogP contribution in [-0.4, -0.2) is 55.2 Å². The van der Waals surface area contributed by atoms with Gasteiger partial charge in [-0.15, -0.1) is 0 Å². The molecule has 110 valence electrons. The van der Waals surface area contributed by atoms with Crippen LogP contribution in [0.5, 0.6) is 0 Å². The Morgan fingerprint density at radius 1 is 1.40 bits per heavy atom. The molecule has 20 heavy (non-hydrogen) atoms. The molecule has 1 atom stereocenters. The van der Waals surface area contributed by atoms with E-state index in [0.29, 0.717) is 11.6 Å². The summed E-state index contributed by atoms with van der Waals surface area (Å²) in [7, 11) is 1.40. The lowest BCUT2D eigenvalue weighted by Gasteiger charge is -2.38. The second-order valence-corrected chi connectivity index (χ2v) is 5.17. The lowest BCUT2D eigenvalue weighted by Crippen LogP contribution is -2.49. The minimum atomic E-state index is -0.313. The predicted molar refractivity (Wildman–Crippen MR) is 79.1 cm³/mol. The van der Waals surface area contributed by atoms with Crippen LogP contribution in [0.1, 0.15) is 30.6 Å². The van der Waals surface area contributed by atoms with Crippen LogP contribution in [0.2, 0.25) is 0 Å². The van der Waals surface area contributed by atoms with Gasteiger partial charge in [-0.25, -0.2) is 9.78 Å². The van der Waals surface area contributed by atoms with Crippen LogP contribution in [0.4, 0.5) is 5.82 Å². The molecule has 0 radical (unpaired) electrons. The number of ether oxygens (including phenoxy) is 1. The van der Waals surface area contributed by atoms with E-state index >= 15 is 0 Å². The fraction of sp³-hybridized carbons (Fsp3) is 0.600. The highest BCUT2D eigenvalue weighted by Gasteiger charge is 2.21. The molecule has 5 heteroatoms. The van der Waals surface area contributed by atoms with Gasteiger partial charge in [0.25, 0.3) is 0 Å². The van der Waals surface area contributed by atoms with Crippen LogP contribution < -0.4 is 4.90 Å². The summed E-state index contributed by atoms with van der Waals surface area (Å²) < 4.78 is 4.75. The molecule has 1 aliphatic rings. The fourth-order valence-corrected chi connectivity index (χ4v) is 2.49. The molecule has 1 saturated heterocycles. The number of nitrogens with zero attached hydrogens (tertiary/aromatic N) is 3. The van der Waals surface area contributed by atoms with Gasteiger partial charge in [0.1, 0.15) is 5.82 Å². The number of esters is 1. The highest BCUT2D eigenvalue weighted by Crippen LogP contribution is 2.17. The number of pyridine rings is 1. The summed E-state index contributed by atoms with van der Waals surface area (Å²) >= 11 is 0. The molecule has 1 unspecified atom stereocenters. The van der Waals surface area contributed by atoms with Crippen molar-refractivity contribution in [3.05, 3.63) is 23.9 Å². The molecule has 5 nitrogen and oxygen atoms in total. The van der Waals surface area contributed by atoms with Gasteiger partial charge in [-0.3, -0.25) is 4.90 Å². The summed E-state index contributed by atoms with van der Waals surface area (Å²) in [5, 5.41) is 0. The number of piperazine rings is 1. The number of aromatic nitrogens is 1. The maximum atomic E-state index is 11.6. The van der Waals surface area contributed by atoms with Crippen LogP contribution in [0, 0.1) is 0 Å². The van der Waals surface area contributed by atoms with Gasteiger partial charge < -0.3 is 9.64 Å². The molecule has 0 aliphatic carbocycles. The first kappa shape index (κ1) is 14.8. The van der Waals surface area contributed by atoms with E-state index < -0.39 is 0 Å². The number of carbonyl (C=O) groups is 1. The standard InChI is InChI=1S/C15H23N3O2/c1-4-12(2)17-7-9-18(10-8-17)14-11-13(5-6-16-14)15(19)20-3/h5-6,11-12H,4,7-10H2,1-3H3. The van der Waals surface area contributed by atoms with Crippen molar-refractivity contribution in [1.82, 2.24) is 9.88 Å². The van der Waals surface area contributed by atoms with Crippen molar-refractivity contribution in [3.63, 3.8) is 0 Å². The van der Waals surface area contributed by atoms with E-state index in [2.05, 4.69) is 28.6 Å². The quantitative estimate of drug-likeness (QED) is 0.785. The molecule has 0 amide bonds. The number of methoxy groups -OCH3 is 1. The minimum absolute atomic E-state index is 0.313. The molecule has 0 N–H and O–H groups in total. The van der Waals surface area contributed by atoms with Crippen LogP contribution >= 0.6 is 0 Å². The van der Waals surface area contributed by atoms with Gasteiger partial charge in [0.15, 0.2) is 0 Å². The Morgan fingerprint density at radius 3 is 2.70 bits per heavy atom. The van der Waals surface area contributed by atoms with E-state index in [0.717, 1.165) is 32.0 Å². The summed E-state index contributed by atoms with van der Waals surface area (Å²) in [6, 6.07) is 4.13. The Kier molecular flexibility index (Phi) is 4.95. The molecule has 1 aliphatic heterocycles. The largest absolute Gasteiger partial charge is 0.465 e. The van der Waals surface area contributed by atoms with Gasteiger partial charge in [-0.1, -0.05) is 6.92 Å². The Bertz CT molecular complexity index is 456. The average molecular weight is 277 g/mol. The molecule has 0 saturated carbocycles. The maximum Gasteiger partial charge on any atom is 0.338 e. The zero-order valence-electron chi connectivity index (χ0n) is 12.5. The van der Waals surface area contributed by atoms with E-state index in [1.807, 2.05) is 6.07 Å². The molecule has 2 heterocycles. The summed E-state index contributed by atoms with van der Waals surface area (Å²) in [5.74, 6) is 0.545. The summed E-state index contributed by atoms with van der Waals surface area (Å²) in [6.07, 6.45) is 2.85. The second kappa shape index (κ2) is 6.70. The third kappa shape index (κ3) is 3.28. The highest BCUT2D eigenvalue weighted by molar-refractivity contribution is 5.90. The van der Waals surface area contributed by atoms with Gasteiger partial charge in [0, 0.05) is 38.4 Å². The summed E-state index contributed by atoms with van der Waals surface area (Å²) in [6.45, 7) is 8.46. The van der Waals surface area contributed by atoms with E-state index in [9.17, 15) is 4.79 Å². The van der Waals surface area contributed by atoms with Crippen LogP contribution in [0.15, 0.2) is 18.3 Å². The normalized spacial score (nSPS) is 17.9. The molecule has 1 aromatic rings. The molecule has 0 spiro atoms. The van der Waals surface area contributed by atoms with Gasteiger partial charge in [0.05, 0.1) is 12.7 Å². The lowest BCUT2D eigenvalue weighted by molar-refractivity contribution is 0.0600. The van der Waals surface area contributed by atoms with E-state index in [-0.39, 0.29) is 5.97 Å². The number of hydrogen-bond acceptors (Lipinski definition) is 5. The lowest BCUT2D eigenvalue weighted by atomic mass is 10.2. The van der Waals surface area contributed by atoms with Crippen molar-refractivity contribution >= 4 is 11.8 Å². The zero-order valence-corrected chi connectivity index (χ0v) is 12.5. The summed E-state index contributed by atoms with van der Waals surface area (Å²) in [4.78, 5) is 20.6. The Morgan fingerprint density at radius 2 is 2.10 bits per heavy atom. The Balaban J connectivity index is 2.02. The zero-order chi connectivity index (χ0) is 14.5. The van der Waals surface area contributed by atoms with Gasteiger partial charge in [0.2, 0.25) is 0 Å². The van der Waals surface area contributed by atoms with Crippen LogP contribution in [0.25, 0.3) is 0 Å². The third-order valence-corrected chi connectivity index (χ3v) is 4.02. The van der Waals surface area contributed by atoms with E-state index in [4.69, 9.17) is 4.74 Å². The van der Waals surface area contributed by atoms with Crippen molar-refractivity contribution in [2.24, 2.45) is 0 Å². The van der Waals surface area contributed by atoms with Crippen LogP contribution in [-0.2, 0) is 4.74 Å². The number of anilines is 1. The molecule has 1 fully saturated rings. The number of hydrogen-bond donors (Lipinski definition) is 0. The van der Waals surface area contributed by atoms with Gasteiger partial charge in [-0.05, 0) is 25.5 Å². The Hall–Kier alpha value is -1.62. The molecular formula is C15H23N3O2. The molecular weight excluding hydrogens is 254 g/mol. The first-order chi connectivity index (χ1) is 9.65. The predicted octanol–water partition coefficient (Wildman–Crippen LogP) is 1.79. The molecule has 0 bridgehead atoms. The van der Waals surface area contributed by atoms with Crippen molar-refractivity contribution in [3.8, 4) is 0 Å². The number of carbonyl (C=O) groups excluding carboxylic acids is 1. The third-order valence-electron chi connectivity index (χ3n) is 4.02. The van der Waals surface area contributed by atoms with Crippen molar-refractivity contribution in [1.29, 1.82) is 0 Å². The van der Waals surface area contributed by atoms with Crippen molar-refractivity contribution in [2.75, 3.05) is 38.2 Å². The highest BCUT2D eigenvalue weighted by atomic mass is 16.5. The molecule has 2 rings (SSSR count). The topological polar surface area (TPSA) is 45.7 Å². The van der Waals surface area contributed by atoms with Gasteiger partial charge in [-0.2, -0.15) is 0 Å². The maximum absolute atomic E-state index is 11.6. The van der Waals surface area contributed by atoms with E-state index in [1.165, 1.54) is 13.5 Å². The summed E-state index contributed by atoms with van der Waals surface area (Å²) in [5.41, 5.74) is 0.557. The van der Waals surface area contributed by atoms with E-state index in [1.54, 1.807) is 12.3 Å². The fourth-order valence-electron chi connectivity index (χ4n) is 2.49. The van der Waals surface area contributed by atoms with Crippen LogP contribution in [0.3, 0.4) is 0 Å². The van der Waals surface area contributed by atoms with Crippen molar-refractivity contribution in [2.45, 2.75) is 26.3 Å². The molecule has 0 aromatic carbocycles. The number of rotatable bonds is 4. The monoisotopic (exact) mass is 277 g/mol. The SMILES string of the molecule is CCC(C)N1CCN(c2cc(C(=O)OC)ccn2)CC1. The second-order valence-electron chi connectivity index (χ2n) is 5.17. The van der Waals surface area contributed by atoms with Crippen molar-refractivity contribution < 1.29 is 9.53 Å². The Labute approximate surface area is 120 Å². The van der Waals surface area contributed by atoms with Gasteiger partial charge >= 0.3 is 5.97 Å². The first-order valence-corrected chi connectivity index (χ1v) is 7.19. The smallest absolute Gasteiger partial charge is 0.338 e. The first-order valence-electron chi connectivity index (χ1n) is 7.19. The minimum Gasteiger partial charge on any atom is -0.465 e. The average Bonchev–Trinajstić information content (AvgIpc) is 2.53. The molecule has 1 aromatic heterocycles.